The number of para-hydroxylation sites is 1. The van der Waals surface area contributed by atoms with Gasteiger partial charge in [-0.25, -0.2) is 9.78 Å². The van der Waals surface area contributed by atoms with Gasteiger partial charge in [-0.1, -0.05) is 18.2 Å². The van der Waals surface area contributed by atoms with Crippen molar-refractivity contribution in [2.24, 2.45) is 0 Å². The van der Waals surface area contributed by atoms with E-state index >= 15 is 0 Å². The van der Waals surface area contributed by atoms with Crippen LogP contribution in [0.3, 0.4) is 0 Å². The van der Waals surface area contributed by atoms with Crippen LogP contribution in [-0.4, -0.2) is 41.5 Å². The van der Waals surface area contributed by atoms with Crippen molar-refractivity contribution in [3.8, 4) is 11.5 Å². The number of pyridine rings is 1. The molecule has 3 aromatic rings. The Morgan fingerprint density at radius 1 is 1.15 bits per heavy atom. The first kappa shape index (κ1) is 17.3. The molecule has 1 fully saturated rings. The number of furan rings is 1. The molecule has 0 saturated carbocycles. The number of nitrogens with zero attached hydrogens (tertiary/aromatic N) is 2. The van der Waals surface area contributed by atoms with E-state index in [0.717, 1.165) is 31.7 Å². The molecule has 0 atom stereocenters. The van der Waals surface area contributed by atoms with E-state index in [1.807, 2.05) is 43.3 Å². The summed E-state index contributed by atoms with van der Waals surface area (Å²) < 4.78 is 11.0. The molecule has 1 saturated heterocycles. The Morgan fingerprint density at radius 3 is 2.67 bits per heavy atom. The zero-order chi connectivity index (χ0) is 18.8. The van der Waals surface area contributed by atoms with E-state index in [1.165, 1.54) is 0 Å². The summed E-state index contributed by atoms with van der Waals surface area (Å²) in [5.74, 6) is 0.660. The van der Waals surface area contributed by atoms with E-state index in [-0.39, 0.29) is 12.5 Å². The van der Waals surface area contributed by atoms with Crippen LogP contribution in [0.15, 0.2) is 46.9 Å². The monoisotopic (exact) mass is 364 g/mol. The van der Waals surface area contributed by atoms with Crippen LogP contribution in [0, 0.1) is 6.92 Å². The lowest BCUT2D eigenvalue weighted by molar-refractivity contribution is -0.133. The molecule has 2 aromatic heterocycles. The number of carbonyl (C=O) groups is 2. The number of likely N-dealkylation sites (tertiary alicyclic amines) is 1. The summed E-state index contributed by atoms with van der Waals surface area (Å²) in [6.07, 6.45) is 2.00. The predicted octanol–water partition coefficient (Wildman–Crippen LogP) is 3.58. The number of aromatic nitrogens is 1. The van der Waals surface area contributed by atoms with Crippen molar-refractivity contribution < 1.29 is 18.7 Å². The van der Waals surface area contributed by atoms with E-state index in [4.69, 9.17) is 9.15 Å². The molecule has 6 nitrogen and oxygen atoms in total. The number of rotatable bonds is 4. The van der Waals surface area contributed by atoms with Crippen LogP contribution in [-0.2, 0) is 9.53 Å². The normalized spacial score (nSPS) is 13.9. The lowest BCUT2D eigenvalue weighted by Gasteiger charge is -2.15. The van der Waals surface area contributed by atoms with Crippen LogP contribution >= 0.6 is 0 Å². The molecule has 3 heterocycles. The number of fused-ring (bicyclic) bond motifs is 1. The molecule has 1 amide bonds. The van der Waals surface area contributed by atoms with Crippen LogP contribution in [0.2, 0.25) is 0 Å². The molecule has 0 N–H and O–H groups in total. The Bertz CT molecular complexity index is 1000. The van der Waals surface area contributed by atoms with E-state index in [1.54, 1.807) is 11.0 Å². The lowest BCUT2D eigenvalue weighted by atomic mass is 10.1. The number of carbonyl (C=O) groups excluding carboxylic acids is 2. The van der Waals surface area contributed by atoms with Crippen molar-refractivity contribution in [3.05, 3.63) is 53.8 Å². The third-order valence-electron chi connectivity index (χ3n) is 4.71. The summed E-state index contributed by atoms with van der Waals surface area (Å²) in [7, 11) is 0. The van der Waals surface area contributed by atoms with Gasteiger partial charge in [-0.15, -0.1) is 0 Å². The molecule has 1 aliphatic heterocycles. The maximum atomic E-state index is 12.7. The highest BCUT2D eigenvalue weighted by atomic mass is 16.5. The Morgan fingerprint density at radius 2 is 1.93 bits per heavy atom. The molecule has 0 radical (unpaired) electrons. The highest BCUT2D eigenvalue weighted by molar-refractivity contribution is 6.05. The SMILES string of the molecule is Cc1ccc(-c2cc(C(=O)OCC(=O)N3CCCC3)c3ccccc3n2)o1. The number of aryl methyl sites for hydroxylation is 1. The minimum atomic E-state index is -0.536. The van der Waals surface area contributed by atoms with E-state index in [2.05, 4.69) is 4.98 Å². The van der Waals surface area contributed by atoms with Crippen molar-refractivity contribution in [1.29, 1.82) is 0 Å². The van der Waals surface area contributed by atoms with Gasteiger partial charge in [0.2, 0.25) is 0 Å². The number of benzene rings is 1. The first-order chi connectivity index (χ1) is 13.1. The average molecular weight is 364 g/mol. The van der Waals surface area contributed by atoms with Gasteiger partial charge >= 0.3 is 5.97 Å². The number of ether oxygens (including phenoxy) is 1. The van der Waals surface area contributed by atoms with Gasteiger partial charge < -0.3 is 14.1 Å². The van der Waals surface area contributed by atoms with Crippen LogP contribution in [0.4, 0.5) is 0 Å². The fraction of sp³-hybridized carbons (Fsp3) is 0.286. The Kier molecular flexibility index (Phi) is 4.62. The molecule has 1 aliphatic rings. The largest absolute Gasteiger partial charge is 0.460 e. The summed E-state index contributed by atoms with van der Waals surface area (Å²) in [4.78, 5) is 31.2. The van der Waals surface area contributed by atoms with Gasteiger partial charge in [0.05, 0.1) is 11.1 Å². The summed E-state index contributed by atoms with van der Waals surface area (Å²) in [6.45, 7) is 3.07. The maximum absolute atomic E-state index is 12.7. The van der Waals surface area contributed by atoms with Crippen molar-refractivity contribution in [3.63, 3.8) is 0 Å². The first-order valence-corrected chi connectivity index (χ1v) is 9.03. The average Bonchev–Trinajstić information content (AvgIpc) is 3.37. The Labute approximate surface area is 156 Å². The molecule has 0 aliphatic carbocycles. The molecule has 6 heteroatoms. The quantitative estimate of drug-likeness (QED) is 0.662. The van der Waals surface area contributed by atoms with Crippen LogP contribution in [0.5, 0.6) is 0 Å². The molecular formula is C21H20N2O4. The predicted molar refractivity (Wildman–Crippen MR) is 100 cm³/mol. The maximum Gasteiger partial charge on any atom is 0.339 e. The highest BCUT2D eigenvalue weighted by Crippen LogP contribution is 2.26. The molecule has 0 unspecified atom stereocenters. The van der Waals surface area contributed by atoms with Crippen molar-refractivity contribution in [2.75, 3.05) is 19.7 Å². The van der Waals surface area contributed by atoms with Crippen molar-refractivity contribution in [2.45, 2.75) is 19.8 Å². The van der Waals surface area contributed by atoms with Gasteiger partial charge in [-0.3, -0.25) is 4.79 Å². The van der Waals surface area contributed by atoms with Crippen molar-refractivity contribution in [1.82, 2.24) is 9.88 Å². The Hall–Kier alpha value is -3.15. The van der Waals surface area contributed by atoms with Gasteiger partial charge in [-0.05, 0) is 44.0 Å². The molecular weight excluding hydrogens is 344 g/mol. The second kappa shape index (κ2) is 7.23. The standard InChI is InChI=1S/C21H20N2O4/c1-14-8-9-19(27-14)18-12-16(15-6-2-3-7-17(15)22-18)21(25)26-13-20(24)23-10-4-5-11-23/h2-3,6-9,12H,4-5,10-11,13H2,1H3. The van der Waals surface area contributed by atoms with Gasteiger partial charge in [0.15, 0.2) is 12.4 Å². The first-order valence-electron chi connectivity index (χ1n) is 9.03. The number of hydrogen-bond acceptors (Lipinski definition) is 5. The van der Waals surface area contributed by atoms with Crippen molar-refractivity contribution >= 4 is 22.8 Å². The van der Waals surface area contributed by atoms with Gasteiger partial charge in [-0.2, -0.15) is 0 Å². The summed E-state index contributed by atoms with van der Waals surface area (Å²) in [6, 6.07) is 12.7. The smallest absolute Gasteiger partial charge is 0.339 e. The molecule has 0 spiro atoms. The molecule has 138 valence electrons. The molecule has 1 aromatic carbocycles. The molecule has 27 heavy (non-hydrogen) atoms. The minimum Gasteiger partial charge on any atom is -0.460 e. The van der Waals surface area contributed by atoms with Gasteiger partial charge in [0.25, 0.3) is 5.91 Å². The van der Waals surface area contributed by atoms with E-state index < -0.39 is 5.97 Å². The summed E-state index contributed by atoms with van der Waals surface area (Å²) in [5, 5.41) is 0.683. The minimum absolute atomic E-state index is 0.152. The number of esters is 1. The second-order valence-corrected chi connectivity index (χ2v) is 6.65. The van der Waals surface area contributed by atoms with Gasteiger partial charge in [0, 0.05) is 18.5 Å². The Balaban J connectivity index is 1.63. The van der Waals surface area contributed by atoms with E-state index in [9.17, 15) is 9.59 Å². The zero-order valence-corrected chi connectivity index (χ0v) is 15.1. The summed E-state index contributed by atoms with van der Waals surface area (Å²) >= 11 is 0. The third-order valence-corrected chi connectivity index (χ3v) is 4.71. The van der Waals surface area contributed by atoms with Crippen LogP contribution in [0.25, 0.3) is 22.4 Å². The fourth-order valence-electron chi connectivity index (χ4n) is 3.31. The number of hydrogen-bond donors (Lipinski definition) is 0. The summed E-state index contributed by atoms with van der Waals surface area (Å²) in [5.41, 5.74) is 1.60. The van der Waals surface area contributed by atoms with Crippen LogP contribution in [0.1, 0.15) is 29.0 Å². The molecule has 4 rings (SSSR count). The zero-order valence-electron chi connectivity index (χ0n) is 15.1. The van der Waals surface area contributed by atoms with Crippen LogP contribution < -0.4 is 0 Å². The van der Waals surface area contributed by atoms with Gasteiger partial charge in [0.1, 0.15) is 11.5 Å². The fourth-order valence-corrected chi connectivity index (χ4v) is 3.31. The van der Waals surface area contributed by atoms with E-state index in [0.29, 0.717) is 27.9 Å². The lowest BCUT2D eigenvalue weighted by Crippen LogP contribution is -2.32. The topological polar surface area (TPSA) is 72.6 Å². The highest BCUT2D eigenvalue weighted by Gasteiger charge is 2.21. The number of amides is 1. The second-order valence-electron chi connectivity index (χ2n) is 6.65. The molecule has 0 bridgehead atoms. The third kappa shape index (κ3) is 3.56.